The summed E-state index contributed by atoms with van der Waals surface area (Å²) in [6, 6.07) is 80.5. The lowest BCUT2D eigenvalue weighted by atomic mass is 9.86. The summed E-state index contributed by atoms with van der Waals surface area (Å²) in [5.74, 6) is 0. The molecule has 0 fully saturated rings. The summed E-state index contributed by atoms with van der Waals surface area (Å²) in [4.78, 5) is 0. The van der Waals surface area contributed by atoms with Crippen LogP contribution in [0.4, 0.5) is 0 Å². The fraction of sp³-hybridized carbons (Fsp3) is 0. The molecule has 0 saturated carbocycles. The first-order chi connectivity index (χ1) is 28.6. The Kier molecular flexibility index (Phi) is 9.82. The molecule has 0 aromatic heterocycles. The van der Waals surface area contributed by atoms with Crippen LogP contribution in [0.3, 0.4) is 0 Å². The van der Waals surface area contributed by atoms with Crippen LogP contribution in [-0.2, 0) is 0 Å². The van der Waals surface area contributed by atoms with Crippen LogP contribution in [0, 0.1) is 22.7 Å². The van der Waals surface area contributed by atoms with Crippen LogP contribution in [0.25, 0.3) is 89.0 Å². The average molecular weight is 737 g/mol. The normalized spacial score (nSPS) is 10.7. The van der Waals surface area contributed by atoms with Crippen molar-refractivity contribution < 1.29 is 0 Å². The Morgan fingerprint density at radius 3 is 0.862 bits per heavy atom. The Morgan fingerprint density at radius 2 is 0.500 bits per heavy atom. The second kappa shape index (κ2) is 16.0. The van der Waals surface area contributed by atoms with Gasteiger partial charge in [-0.05, 0) is 144 Å². The average Bonchev–Trinajstić information content (AvgIpc) is 3.32. The molecule has 0 spiro atoms. The lowest BCUT2D eigenvalue weighted by Gasteiger charge is -2.17. The van der Waals surface area contributed by atoms with Crippen molar-refractivity contribution in [3.8, 4) is 101 Å². The minimum atomic E-state index is 0.594. The van der Waals surface area contributed by atoms with E-state index in [4.69, 9.17) is 0 Å². The summed E-state index contributed by atoms with van der Waals surface area (Å²) < 4.78 is 0. The van der Waals surface area contributed by atoms with Gasteiger partial charge in [0.2, 0.25) is 0 Å². The fourth-order valence-corrected chi connectivity index (χ4v) is 7.85. The molecule has 0 saturated heterocycles. The first-order valence-electron chi connectivity index (χ1n) is 19.4. The van der Waals surface area contributed by atoms with Gasteiger partial charge in [0, 0.05) is 0 Å². The van der Waals surface area contributed by atoms with Crippen molar-refractivity contribution in [3.63, 3.8) is 0 Å². The van der Waals surface area contributed by atoms with Gasteiger partial charge in [-0.2, -0.15) is 10.5 Å². The predicted octanol–water partition coefficient (Wildman–Crippen LogP) is 14.8. The third kappa shape index (κ3) is 7.35. The molecule has 0 radical (unpaired) electrons. The molecule has 0 unspecified atom stereocenters. The maximum atomic E-state index is 10.2. The molecule has 0 aliphatic heterocycles. The minimum absolute atomic E-state index is 0.594. The van der Waals surface area contributed by atoms with Gasteiger partial charge in [-0.3, -0.25) is 0 Å². The van der Waals surface area contributed by atoms with Crippen molar-refractivity contribution in [2.75, 3.05) is 0 Å². The second-order valence-electron chi connectivity index (χ2n) is 14.4. The molecule has 0 bridgehead atoms. The van der Waals surface area contributed by atoms with E-state index >= 15 is 0 Å². The van der Waals surface area contributed by atoms with Crippen molar-refractivity contribution in [3.05, 3.63) is 230 Å². The molecular formula is C56H36N2. The summed E-state index contributed by atoms with van der Waals surface area (Å²) in [5.41, 5.74) is 18.2. The maximum Gasteiger partial charge on any atom is 0.0992 e. The molecule has 2 nitrogen and oxygen atoms in total. The highest BCUT2D eigenvalue weighted by molar-refractivity contribution is 5.95. The Bertz CT molecular complexity index is 2800. The van der Waals surface area contributed by atoms with E-state index in [-0.39, 0.29) is 0 Å². The first kappa shape index (κ1) is 35.6. The highest BCUT2D eigenvalue weighted by Crippen LogP contribution is 2.42. The Morgan fingerprint density at radius 1 is 0.224 bits per heavy atom. The summed E-state index contributed by atoms with van der Waals surface area (Å²) in [6.07, 6.45) is 0. The van der Waals surface area contributed by atoms with E-state index in [9.17, 15) is 10.5 Å². The van der Waals surface area contributed by atoms with E-state index in [2.05, 4.69) is 170 Å². The van der Waals surface area contributed by atoms with Crippen molar-refractivity contribution in [1.82, 2.24) is 0 Å². The summed E-state index contributed by atoms with van der Waals surface area (Å²) >= 11 is 0. The van der Waals surface area contributed by atoms with Gasteiger partial charge in [0.25, 0.3) is 0 Å². The third-order valence-electron chi connectivity index (χ3n) is 10.7. The van der Waals surface area contributed by atoms with E-state index in [1.165, 1.54) is 27.8 Å². The molecule has 58 heavy (non-hydrogen) atoms. The smallest absolute Gasteiger partial charge is 0.0992 e. The van der Waals surface area contributed by atoms with Crippen molar-refractivity contribution >= 4 is 0 Å². The number of hydrogen-bond donors (Lipinski definition) is 0. The van der Waals surface area contributed by atoms with Gasteiger partial charge in [0.1, 0.15) is 0 Å². The van der Waals surface area contributed by atoms with Gasteiger partial charge in [-0.25, -0.2) is 0 Å². The number of nitrogens with zero attached hydrogens (tertiary/aromatic N) is 2. The van der Waals surface area contributed by atoms with E-state index in [1.54, 1.807) is 0 Å². The second-order valence-corrected chi connectivity index (χ2v) is 14.4. The zero-order valence-corrected chi connectivity index (χ0v) is 31.7. The summed E-state index contributed by atoms with van der Waals surface area (Å²) in [6.45, 7) is 0. The number of rotatable bonds is 8. The summed E-state index contributed by atoms with van der Waals surface area (Å²) in [7, 11) is 0. The van der Waals surface area contributed by atoms with Gasteiger partial charge in [0.15, 0.2) is 0 Å². The van der Waals surface area contributed by atoms with E-state index in [1.807, 2.05) is 60.7 Å². The van der Waals surface area contributed by atoms with Crippen LogP contribution >= 0.6 is 0 Å². The molecule has 2 heteroatoms. The molecule has 0 aliphatic rings. The van der Waals surface area contributed by atoms with E-state index in [0.29, 0.717) is 11.1 Å². The lowest BCUT2D eigenvalue weighted by molar-refractivity contribution is 1.47. The molecule has 0 N–H and O–H groups in total. The minimum Gasteiger partial charge on any atom is -0.192 e. The standard InChI is InChI=1S/C56H36N2/c57-37-39-28-47(41-14-5-1-6-15-41)32-49(30-39)52-34-51(35-53(36-52)50-31-40(38-58)29-48(33-50)42-16-7-2-8-17-42)43-24-26-46(27-25-43)56-54(44-18-9-3-10-19-44)22-13-23-55(56)45-20-11-4-12-21-45/h1-36H. The fourth-order valence-electron chi connectivity index (χ4n) is 7.85. The van der Waals surface area contributed by atoms with Gasteiger partial charge >= 0.3 is 0 Å². The summed E-state index contributed by atoms with van der Waals surface area (Å²) in [5, 5.41) is 20.3. The SMILES string of the molecule is N#Cc1cc(-c2ccccc2)cc(-c2cc(-c3ccc(-c4c(-c5ccccc5)cccc4-c4ccccc4)cc3)cc(-c3cc(C#N)cc(-c4ccccc4)c3)c2)c1. The Balaban J connectivity index is 1.22. The largest absolute Gasteiger partial charge is 0.192 e. The van der Waals surface area contributed by atoms with Crippen LogP contribution in [0.5, 0.6) is 0 Å². The molecule has 0 atom stereocenters. The zero-order valence-electron chi connectivity index (χ0n) is 31.7. The van der Waals surface area contributed by atoms with Crippen molar-refractivity contribution in [2.45, 2.75) is 0 Å². The molecule has 0 heterocycles. The van der Waals surface area contributed by atoms with Crippen molar-refractivity contribution in [1.29, 1.82) is 10.5 Å². The van der Waals surface area contributed by atoms with Crippen LogP contribution in [0.1, 0.15) is 11.1 Å². The monoisotopic (exact) mass is 736 g/mol. The number of hydrogen-bond acceptors (Lipinski definition) is 2. The van der Waals surface area contributed by atoms with E-state index < -0.39 is 0 Å². The topological polar surface area (TPSA) is 47.6 Å². The van der Waals surface area contributed by atoms with Crippen LogP contribution in [-0.4, -0.2) is 0 Å². The quantitative estimate of drug-likeness (QED) is 0.156. The number of nitriles is 2. The van der Waals surface area contributed by atoms with Gasteiger partial charge < -0.3 is 0 Å². The molecule has 0 aliphatic carbocycles. The molecular weight excluding hydrogens is 701 g/mol. The van der Waals surface area contributed by atoms with Crippen molar-refractivity contribution in [2.24, 2.45) is 0 Å². The maximum absolute atomic E-state index is 10.2. The molecule has 9 aromatic carbocycles. The number of benzene rings is 9. The van der Waals surface area contributed by atoms with Crippen LogP contribution < -0.4 is 0 Å². The van der Waals surface area contributed by atoms with Crippen LogP contribution in [0.15, 0.2) is 218 Å². The zero-order chi connectivity index (χ0) is 39.3. The first-order valence-corrected chi connectivity index (χ1v) is 19.4. The molecule has 270 valence electrons. The Hall–Kier alpha value is -8.04. The molecule has 9 aromatic rings. The van der Waals surface area contributed by atoms with E-state index in [0.717, 1.165) is 61.2 Å². The van der Waals surface area contributed by atoms with Gasteiger partial charge in [-0.15, -0.1) is 0 Å². The highest BCUT2D eigenvalue weighted by atomic mass is 14.3. The van der Waals surface area contributed by atoms with Gasteiger partial charge in [0.05, 0.1) is 23.3 Å². The Labute approximate surface area is 339 Å². The third-order valence-corrected chi connectivity index (χ3v) is 10.7. The lowest BCUT2D eigenvalue weighted by Crippen LogP contribution is -1.92. The highest BCUT2D eigenvalue weighted by Gasteiger charge is 2.16. The molecule has 0 amide bonds. The van der Waals surface area contributed by atoms with Crippen LogP contribution in [0.2, 0.25) is 0 Å². The predicted molar refractivity (Wildman–Crippen MR) is 239 cm³/mol. The molecule has 9 rings (SSSR count). The van der Waals surface area contributed by atoms with Gasteiger partial charge in [-0.1, -0.05) is 164 Å².